The van der Waals surface area contributed by atoms with Gasteiger partial charge in [-0.2, -0.15) is 0 Å². The number of nitrogens with zero attached hydrogens (tertiary/aromatic N) is 3. The number of aromatic nitrogens is 3. The van der Waals surface area contributed by atoms with E-state index in [-0.39, 0.29) is 5.82 Å². The van der Waals surface area contributed by atoms with E-state index >= 15 is 0 Å². The SMILES string of the molecule is COc1ccc(-c2cn3ccncc3n2)c(F)c1. The van der Waals surface area contributed by atoms with Crippen molar-refractivity contribution in [3.05, 3.63) is 48.8 Å². The monoisotopic (exact) mass is 243 g/mol. The van der Waals surface area contributed by atoms with Crippen molar-refractivity contribution in [3.8, 4) is 17.0 Å². The molecule has 0 unspecified atom stereocenters. The van der Waals surface area contributed by atoms with Crippen LogP contribution in [0.5, 0.6) is 5.75 Å². The lowest BCUT2D eigenvalue weighted by Crippen LogP contribution is -1.88. The number of rotatable bonds is 2. The molecule has 2 heterocycles. The van der Waals surface area contributed by atoms with Crippen LogP contribution in [0.1, 0.15) is 0 Å². The van der Waals surface area contributed by atoms with E-state index in [0.29, 0.717) is 22.7 Å². The predicted molar refractivity (Wildman–Crippen MR) is 64.9 cm³/mol. The molecule has 18 heavy (non-hydrogen) atoms. The van der Waals surface area contributed by atoms with E-state index in [4.69, 9.17) is 4.74 Å². The molecule has 0 fully saturated rings. The Kier molecular flexibility index (Phi) is 2.44. The molecule has 3 aromatic rings. The Morgan fingerprint density at radius 2 is 2.22 bits per heavy atom. The van der Waals surface area contributed by atoms with Gasteiger partial charge in [0, 0.05) is 30.2 Å². The number of hydrogen-bond acceptors (Lipinski definition) is 3. The molecule has 0 aliphatic heterocycles. The van der Waals surface area contributed by atoms with Crippen molar-refractivity contribution in [1.29, 1.82) is 0 Å². The first-order valence-corrected chi connectivity index (χ1v) is 5.40. The van der Waals surface area contributed by atoms with Crippen molar-refractivity contribution in [3.63, 3.8) is 0 Å². The Balaban J connectivity index is 2.14. The number of ether oxygens (including phenoxy) is 1. The van der Waals surface area contributed by atoms with Crippen molar-refractivity contribution < 1.29 is 9.13 Å². The molecule has 0 saturated heterocycles. The van der Waals surface area contributed by atoms with Gasteiger partial charge in [-0.05, 0) is 12.1 Å². The van der Waals surface area contributed by atoms with Crippen LogP contribution in [-0.2, 0) is 0 Å². The summed E-state index contributed by atoms with van der Waals surface area (Å²) in [4.78, 5) is 8.29. The summed E-state index contributed by atoms with van der Waals surface area (Å²) in [6.07, 6.45) is 6.82. The topological polar surface area (TPSA) is 39.4 Å². The Bertz CT molecular complexity index is 675. The third kappa shape index (κ3) is 1.69. The molecule has 3 rings (SSSR count). The van der Waals surface area contributed by atoms with Gasteiger partial charge >= 0.3 is 0 Å². The zero-order valence-corrected chi connectivity index (χ0v) is 9.67. The Morgan fingerprint density at radius 1 is 1.33 bits per heavy atom. The molecule has 0 amide bonds. The van der Waals surface area contributed by atoms with Gasteiger partial charge in [0.1, 0.15) is 11.6 Å². The van der Waals surface area contributed by atoms with Crippen LogP contribution in [-0.4, -0.2) is 21.5 Å². The van der Waals surface area contributed by atoms with Gasteiger partial charge in [-0.25, -0.2) is 9.37 Å². The maximum absolute atomic E-state index is 13.9. The zero-order valence-electron chi connectivity index (χ0n) is 9.67. The van der Waals surface area contributed by atoms with E-state index in [1.54, 1.807) is 41.3 Å². The van der Waals surface area contributed by atoms with Crippen molar-refractivity contribution >= 4 is 5.65 Å². The van der Waals surface area contributed by atoms with Crippen LogP contribution in [0.2, 0.25) is 0 Å². The fraction of sp³-hybridized carbons (Fsp3) is 0.0769. The van der Waals surface area contributed by atoms with Gasteiger partial charge < -0.3 is 9.14 Å². The van der Waals surface area contributed by atoms with Gasteiger partial charge in [-0.15, -0.1) is 0 Å². The lowest BCUT2D eigenvalue weighted by Gasteiger charge is -2.02. The summed E-state index contributed by atoms with van der Waals surface area (Å²) >= 11 is 0. The first-order chi connectivity index (χ1) is 8.78. The number of halogens is 1. The van der Waals surface area contributed by atoms with E-state index in [0.717, 1.165) is 0 Å². The molecule has 0 bridgehead atoms. The smallest absolute Gasteiger partial charge is 0.155 e. The Morgan fingerprint density at radius 3 is 2.94 bits per heavy atom. The Hall–Kier alpha value is -2.43. The van der Waals surface area contributed by atoms with E-state index in [9.17, 15) is 4.39 Å². The molecule has 0 atom stereocenters. The molecule has 0 radical (unpaired) electrons. The van der Waals surface area contributed by atoms with Gasteiger partial charge in [-0.3, -0.25) is 4.98 Å². The molecule has 0 saturated carbocycles. The second-order valence-electron chi connectivity index (χ2n) is 3.81. The highest BCUT2D eigenvalue weighted by atomic mass is 19.1. The number of benzene rings is 1. The number of methoxy groups -OCH3 is 1. The third-order valence-corrected chi connectivity index (χ3v) is 2.72. The highest BCUT2D eigenvalue weighted by Gasteiger charge is 2.10. The number of imidazole rings is 1. The van der Waals surface area contributed by atoms with Gasteiger partial charge in [0.05, 0.1) is 19.0 Å². The minimum Gasteiger partial charge on any atom is -0.497 e. The minimum absolute atomic E-state index is 0.356. The molecule has 5 heteroatoms. The lowest BCUT2D eigenvalue weighted by atomic mass is 10.1. The second kappa shape index (κ2) is 4.10. The molecule has 1 aromatic carbocycles. The quantitative estimate of drug-likeness (QED) is 0.694. The van der Waals surface area contributed by atoms with E-state index in [2.05, 4.69) is 9.97 Å². The van der Waals surface area contributed by atoms with Crippen molar-refractivity contribution in [1.82, 2.24) is 14.4 Å². The first-order valence-electron chi connectivity index (χ1n) is 5.40. The van der Waals surface area contributed by atoms with Crippen LogP contribution < -0.4 is 4.74 Å². The van der Waals surface area contributed by atoms with E-state index < -0.39 is 0 Å². The average Bonchev–Trinajstić information content (AvgIpc) is 2.81. The zero-order chi connectivity index (χ0) is 12.5. The standard InChI is InChI=1S/C13H10FN3O/c1-18-9-2-3-10(11(14)6-9)12-8-17-5-4-15-7-13(17)16-12/h2-8H,1H3. The number of fused-ring (bicyclic) bond motifs is 1. The summed E-state index contributed by atoms with van der Waals surface area (Å²) in [7, 11) is 1.50. The van der Waals surface area contributed by atoms with Crippen LogP contribution in [0.25, 0.3) is 16.9 Å². The summed E-state index contributed by atoms with van der Waals surface area (Å²) in [6.45, 7) is 0. The average molecular weight is 243 g/mol. The maximum atomic E-state index is 13.9. The van der Waals surface area contributed by atoms with Gasteiger partial charge in [-0.1, -0.05) is 0 Å². The van der Waals surface area contributed by atoms with E-state index in [1.165, 1.54) is 13.2 Å². The number of hydrogen-bond donors (Lipinski definition) is 0. The lowest BCUT2D eigenvalue weighted by molar-refractivity contribution is 0.411. The largest absolute Gasteiger partial charge is 0.497 e. The molecule has 0 spiro atoms. The molecule has 0 aliphatic rings. The van der Waals surface area contributed by atoms with Gasteiger partial charge in [0.15, 0.2) is 5.65 Å². The van der Waals surface area contributed by atoms with Crippen molar-refractivity contribution in [2.24, 2.45) is 0 Å². The Labute approximate surface area is 103 Å². The fourth-order valence-corrected chi connectivity index (χ4v) is 1.80. The van der Waals surface area contributed by atoms with Crippen LogP contribution in [0, 0.1) is 5.82 Å². The molecule has 0 aliphatic carbocycles. The summed E-state index contributed by atoms with van der Waals surface area (Å²) in [6, 6.07) is 4.71. The summed E-state index contributed by atoms with van der Waals surface area (Å²) < 4.78 is 20.7. The predicted octanol–water partition coefficient (Wildman–Crippen LogP) is 2.54. The summed E-state index contributed by atoms with van der Waals surface area (Å²) in [5.41, 5.74) is 1.70. The highest BCUT2D eigenvalue weighted by Crippen LogP contribution is 2.25. The molecule has 4 nitrogen and oxygen atoms in total. The van der Waals surface area contributed by atoms with Crippen LogP contribution >= 0.6 is 0 Å². The normalized spacial score (nSPS) is 10.8. The first kappa shape index (κ1) is 10.7. The van der Waals surface area contributed by atoms with E-state index in [1.807, 2.05) is 0 Å². The van der Waals surface area contributed by atoms with Crippen LogP contribution in [0.4, 0.5) is 4.39 Å². The molecule has 0 N–H and O–H groups in total. The second-order valence-corrected chi connectivity index (χ2v) is 3.81. The maximum Gasteiger partial charge on any atom is 0.155 e. The molecular weight excluding hydrogens is 233 g/mol. The highest BCUT2D eigenvalue weighted by molar-refractivity contribution is 5.63. The third-order valence-electron chi connectivity index (χ3n) is 2.72. The summed E-state index contributed by atoms with van der Waals surface area (Å²) in [5, 5.41) is 0. The van der Waals surface area contributed by atoms with Crippen LogP contribution in [0.3, 0.4) is 0 Å². The molecule has 90 valence electrons. The van der Waals surface area contributed by atoms with Gasteiger partial charge in [0.2, 0.25) is 0 Å². The molecule has 2 aromatic heterocycles. The summed E-state index contributed by atoms with van der Waals surface area (Å²) in [5.74, 6) is 0.132. The molecular formula is C13H10FN3O. The van der Waals surface area contributed by atoms with Crippen molar-refractivity contribution in [2.75, 3.05) is 7.11 Å². The van der Waals surface area contributed by atoms with Gasteiger partial charge in [0.25, 0.3) is 0 Å². The van der Waals surface area contributed by atoms with Crippen molar-refractivity contribution in [2.45, 2.75) is 0 Å². The minimum atomic E-state index is -0.356. The van der Waals surface area contributed by atoms with Crippen LogP contribution in [0.15, 0.2) is 43.0 Å². The fourth-order valence-electron chi connectivity index (χ4n) is 1.80.